The Bertz CT molecular complexity index is 736. The fraction of sp³-hybridized carbons (Fsp3) is 0.0769. The first-order valence-corrected chi connectivity index (χ1v) is 5.41. The van der Waals surface area contributed by atoms with Gasteiger partial charge in [-0.05, 0) is 31.2 Å². The second-order valence-corrected chi connectivity index (χ2v) is 4.03. The maximum atomic E-state index is 13.1. The zero-order valence-electron chi connectivity index (χ0n) is 9.64. The number of rotatable bonds is 1. The monoisotopic (exact) mass is 243 g/mol. The molecule has 0 aliphatic carbocycles. The van der Waals surface area contributed by atoms with E-state index in [-0.39, 0.29) is 5.82 Å². The van der Waals surface area contributed by atoms with E-state index >= 15 is 0 Å². The van der Waals surface area contributed by atoms with Gasteiger partial charge < -0.3 is 10.2 Å². The van der Waals surface area contributed by atoms with Crippen LogP contribution in [0.3, 0.4) is 0 Å². The van der Waals surface area contributed by atoms with Crippen molar-refractivity contribution in [2.24, 2.45) is 0 Å². The van der Waals surface area contributed by atoms with Crippen LogP contribution < -0.4 is 5.73 Å². The summed E-state index contributed by atoms with van der Waals surface area (Å²) >= 11 is 0. The Morgan fingerprint density at radius 1 is 1.22 bits per heavy atom. The van der Waals surface area contributed by atoms with Crippen molar-refractivity contribution in [1.29, 1.82) is 0 Å². The van der Waals surface area contributed by atoms with E-state index in [0.717, 1.165) is 5.56 Å². The van der Waals surface area contributed by atoms with Crippen molar-refractivity contribution in [2.45, 2.75) is 6.92 Å². The average molecular weight is 243 g/mol. The molecule has 5 heteroatoms. The molecule has 0 bridgehead atoms. The second-order valence-electron chi connectivity index (χ2n) is 4.03. The van der Waals surface area contributed by atoms with Gasteiger partial charge in [0.05, 0.1) is 0 Å². The molecule has 2 aromatic heterocycles. The summed E-state index contributed by atoms with van der Waals surface area (Å²) in [5, 5.41) is 0.696. The Kier molecular flexibility index (Phi) is 2.26. The van der Waals surface area contributed by atoms with Gasteiger partial charge in [-0.15, -0.1) is 0 Å². The van der Waals surface area contributed by atoms with Gasteiger partial charge in [-0.25, -0.2) is 14.4 Å². The first-order chi connectivity index (χ1) is 8.65. The van der Waals surface area contributed by atoms with Crippen LogP contribution in [-0.4, -0.2) is 9.97 Å². The summed E-state index contributed by atoms with van der Waals surface area (Å²) < 4.78 is 18.7. The molecule has 0 saturated heterocycles. The zero-order chi connectivity index (χ0) is 12.7. The fourth-order valence-corrected chi connectivity index (χ4v) is 1.84. The minimum absolute atomic E-state index is 0.297. The lowest BCUT2D eigenvalue weighted by atomic mass is 10.2. The molecular formula is C13H10FN3O. The molecule has 0 saturated carbocycles. The van der Waals surface area contributed by atoms with Crippen molar-refractivity contribution in [2.75, 3.05) is 5.73 Å². The number of hydrogen-bond acceptors (Lipinski definition) is 4. The molecule has 0 aliphatic rings. The first kappa shape index (κ1) is 10.7. The van der Waals surface area contributed by atoms with Crippen LogP contribution in [-0.2, 0) is 0 Å². The third-order valence-electron chi connectivity index (χ3n) is 2.83. The van der Waals surface area contributed by atoms with Crippen LogP contribution in [0, 0.1) is 12.7 Å². The molecule has 0 radical (unpaired) electrons. The number of anilines is 1. The van der Waals surface area contributed by atoms with Crippen LogP contribution in [0.1, 0.15) is 5.56 Å². The molecule has 1 aromatic carbocycles. The predicted molar refractivity (Wildman–Crippen MR) is 66.3 cm³/mol. The van der Waals surface area contributed by atoms with Crippen LogP contribution in [0.5, 0.6) is 0 Å². The molecule has 0 atom stereocenters. The van der Waals surface area contributed by atoms with Gasteiger partial charge in [0.15, 0.2) is 5.76 Å². The smallest absolute Gasteiger partial charge is 0.154 e. The fourth-order valence-electron chi connectivity index (χ4n) is 1.84. The molecule has 0 amide bonds. The maximum absolute atomic E-state index is 13.1. The van der Waals surface area contributed by atoms with E-state index in [4.69, 9.17) is 10.2 Å². The molecule has 3 aromatic rings. The summed E-state index contributed by atoms with van der Waals surface area (Å²) in [6, 6.07) is 6.11. The quantitative estimate of drug-likeness (QED) is 0.713. The SMILES string of the molecule is Cc1c(N)ncnc1-c1cc2cc(F)ccc2o1. The molecule has 2 N–H and O–H groups in total. The van der Waals surface area contributed by atoms with Crippen LogP contribution in [0.2, 0.25) is 0 Å². The van der Waals surface area contributed by atoms with Crippen molar-refractivity contribution >= 4 is 16.8 Å². The van der Waals surface area contributed by atoms with Crippen LogP contribution in [0.4, 0.5) is 10.2 Å². The van der Waals surface area contributed by atoms with Crippen LogP contribution in [0.25, 0.3) is 22.4 Å². The standard InChI is InChI=1S/C13H10FN3O/c1-7-12(16-6-17-13(7)15)11-5-8-4-9(14)2-3-10(8)18-11/h2-6H,1H3,(H2,15,16,17). The summed E-state index contributed by atoms with van der Waals surface area (Å²) in [5.41, 5.74) is 7.71. The summed E-state index contributed by atoms with van der Waals surface area (Å²) in [5.74, 6) is 0.669. The van der Waals surface area contributed by atoms with Gasteiger partial charge >= 0.3 is 0 Å². The lowest BCUT2D eigenvalue weighted by Gasteiger charge is -2.02. The number of furan rings is 1. The maximum Gasteiger partial charge on any atom is 0.154 e. The molecule has 3 rings (SSSR count). The van der Waals surface area contributed by atoms with Crippen LogP contribution >= 0.6 is 0 Å². The largest absolute Gasteiger partial charge is 0.454 e. The number of benzene rings is 1. The Labute approximate surface area is 102 Å². The molecule has 0 unspecified atom stereocenters. The average Bonchev–Trinajstić information content (AvgIpc) is 2.75. The summed E-state index contributed by atoms with van der Waals surface area (Å²) in [7, 11) is 0. The molecule has 0 fully saturated rings. The molecule has 4 nitrogen and oxygen atoms in total. The van der Waals surface area contributed by atoms with Gasteiger partial charge in [0.1, 0.15) is 29.2 Å². The molecule has 90 valence electrons. The second kappa shape index (κ2) is 3.80. The van der Waals surface area contributed by atoms with Gasteiger partial charge in [-0.2, -0.15) is 0 Å². The first-order valence-electron chi connectivity index (χ1n) is 5.41. The van der Waals surface area contributed by atoms with E-state index in [9.17, 15) is 4.39 Å². The molecule has 0 aliphatic heterocycles. The minimum Gasteiger partial charge on any atom is -0.454 e. The van der Waals surface area contributed by atoms with Gasteiger partial charge in [0, 0.05) is 10.9 Å². The van der Waals surface area contributed by atoms with Crippen molar-refractivity contribution < 1.29 is 8.81 Å². The van der Waals surface area contributed by atoms with E-state index in [0.29, 0.717) is 28.2 Å². The summed E-state index contributed by atoms with van der Waals surface area (Å²) in [6.45, 7) is 1.82. The number of halogens is 1. The third kappa shape index (κ3) is 1.60. The zero-order valence-corrected chi connectivity index (χ0v) is 9.64. The molecular weight excluding hydrogens is 233 g/mol. The van der Waals surface area contributed by atoms with E-state index in [2.05, 4.69) is 9.97 Å². The Morgan fingerprint density at radius 3 is 2.89 bits per heavy atom. The van der Waals surface area contributed by atoms with Crippen LogP contribution in [0.15, 0.2) is 35.0 Å². The van der Waals surface area contributed by atoms with Crippen molar-refractivity contribution in [3.05, 3.63) is 42.0 Å². The number of nitrogens with two attached hydrogens (primary N) is 1. The summed E-state index contributed by atoms with van der Waals surface area (Å²) in [6.07, 6.45) is 1.38. The van der Waals surface area contributed by atoms with E-state index in [1.807, 2.05) is 6.92 Å². The molecule has 2 heterocycles. The van der Waals surface area contributed by atoms with Crippen molar-refractivity contribution in [3.63, 3.8) is 0 Å². The van der Waals surface area contributed by atoms with Gasteiger partial charge in [-0.3, -0.25) is 0 Å². The van der Waals surface area contributed by atoms with E-state index in [1.165, 1.54) is 18.5 Å². The highest BCUT2D eigenvalue weighted by atomic mass is 19.1. The molecule has 18 heavy (non-hydrogen) atoms. The highest BCUT2D eigenvalue weighted by Gasteiger charge is 2.12. The topological polar surface area (TPSA) is 64.9 Å². The number of nitrogens with zero attached hydrogens (tertiary/aromatic N) is 2. The highest BCUT2D eigenvalue weighted by molar-refractivity contribution is 5.83. The highest BCUT2D eigenvalue weighted by Crippen LogP contribution is 2.29. The minimum atomic E-state index is -0.297. The van der Waals surface area contributed by atoms with Gasteiger partial charge in [0.25, 0.3) is 0 Å². The number of nitrogen functional groups attached to an aromatic ring is 1. The Hall–Kier alpha value is -2.43. The number of hydrogen-bond donors (Lipinski definition) is 1. The van der Waals surface area contributed by atoms with Gasteiger partial charge in [-0.1, -0.05) is 0 Å². The third-order valence-corrected chi connectivity index (χ3v) is 2.83. The van der Waals surface area contributed by atoms with E-state index in [1.54, 1.807) is 12.1 Å². The normalized spacial score (nSPS) is 11.0. The van der Waals surface area contributed by atoms with E-state index < -0.39 is 0 Å². The lowest BCUT2D eigenvalue weighted by Crippen LogP contribution is -1.97. The Balaban J connectivity index is 2.22. The van der Waals surface area contributed by atoms with Crippen molar-refractivity contribution in [1.82, 2.24) is 9.97 Å². The Morgan fingerprint density at radius 2 is 2.06 bits per heavy atom. The van der Waals surface area contributed by atoms with Crippen molar-refractivity contribution in [3.8, 4) is 11.5 Å². The lowest BCUT2D eigenvalue weighted by molar-refractivity contribution is 0.617. The molecule has 0 spiro atoms. The number of fused-ring (bicyclic) bond motifs is 1. The summed E-state index contributed by atoms with van der Waals surface area (Å²) in [4.78, 5) is 8.05. The number of aromatic nitrogens is 2. The predicted octanol–water partition coefficient (Wildman–Crippen LogP) is 2.92. The van der Waals surface area contributed by atoms with Gasteiger partial charge in [0.2, 0.25) is 0 Å².